The van der Waals surface area contributed by atoms with E-state index >= 15 is 0 Å². The van der Waals surface area contributed by atoms with E-state index in [0.29, 0.717) is 11.3 Å². The van der Waals surface area contributed by atoms with Crippen LogP contribution in [-0.4, -0.2) is 23.4 Å². The highest BCUT2D eigenvalue weighted by molar-refractivity contribution is 6.21. The molecule has 2 atom stereocenters. The lowest BCUT2D eigenvalue weighted by atomic mass is 9.79. The molecule has 2 unspecified atom stereocenters. The van der Waals surface area contributed by atoms with E-state index in [1.54, 1.807) is 0 Å². The van der Waals surface area contributed by atoms with Gasteiger partial charge in [0, 0.05) is 17.8 Å². The highest BCUT2D eigenvalue weighted by Gasteiger charge is 2.29. The average molecular weight is 342 g/mol. The minimum absolute atomic E-state index is 0.354. The number of alkyl halides is 1. The second kappa shape index (κ2) is 8.69. The zero-order valence-corrected chi connectivity index (χ0v) is 15.4. The molecule has 1 fully saturated rings. The van der Waals surface area contributed by atoms with Gasteiger partial charge in [-0.2, -0.15) is 0 Å². The molecule has 2 heteroatoms. The van der Waals surface area contributed by atoms with Crippen LogP contribution in [-0.2, 0) is 13.0 Å². The van der Waals surface area contributed by atoms with Gasteiger partial charge < -0.3 is 0 Å². The molecule has 1 aliphatic carbocycles. The monoisotopic (exact) mass is 341 g/mol. The topological polar surface area (TPSA) is 3.24 Å². The molecule has 0 spiro atoms. The van der Waals surface area contributed by atoms with Gasteiger partial charge in [-0.05, 0) is 55.5 Å². The van der Waals surface area contributed by atoms with Gasteiger partial charge in [-0.3, -0.25) is 4.90 Å². The van der Waals surface area contributed by atoms with Crippen LogP contribution >= 0.6 is 11.6 Å². The summed E-state index contributed by atoms with van der Waals surface area (Å²) in [5, 5.41) is 0.354. The molecule has 3 rings (SSSR count). The largest absolute Gasteiger partial charge is 0.299 e. The first-order chi connectivity index (χ1) is 11.8. The van der Waals surface area contributed by atoms with E-state index in [1.807, 2.05) is 0 Å². The van der Waals surface area contributed by atoms with Gasteiger partial charge in [0.05, 0.1) is 0 Å². The predicted molar refractivity (Wildman–Crippen MR) is 104 cm³/mol. The Morgan fingerprint density at radius 3 is 2.29 bits per heavy atom. The number of benzene rings is 2. The number of halogens is 1. The van der Waals surface area contributed by atoms with Crippen molar-refractivity contribution in [2.75, 3.05) is 13.1 Å². The summed E-state index contributed by atoms with van der Waals surface area (Å²) in [7, 11) is 0. The van der Waals surface area contributed by atoms with E-state index in [9.17, 15) is 0 Å². The van der Waals surface area contributed by atoms with Crippen molar-refractivity contribution in [3.63, 3.8) is 0 Å². The van der Waals surface area contributed by atoms with Crippen molar-refractivity contribution in [1.82, 2.24) is 4.90 Å². The van der Waals surface area contributed by atoms with Gasteiger partial charge in [0.25, 0.3) is 0 Å². The molecule has 0 radical (unpaired) electrons. The first-order valence-corrected chi connectivity index (χ1v) is 9.69. The Balaban J connectivity index is 1.45. The zero-order valence-electron chi connectivity index (χ0n) is 14.6. The summed E-state index contributed by atoms with van der Waals surface area (Å²) in [6.45, 7) is 5.56. The normalized spacial score (nSPS) is 20.1. The third-order valence-corrected chi connectivity index (χ3v) is 5.76. The molecule has 0 bridgehead atoms. The Labute approximate surface area is 151 Å². The van der Waals surface area contributed by atoms with Crippen LogP contribution in [0, 0.1) is 0 Å². The average Bonchev–Trinajstić information content (AvgIpc) is 2.62. The highest BCUT2D eigenvalue weighted by Crippen LogP contribution is 2.40. The highest BCUT2D eigenvalue weighted by atomic mass is 35.5. The smallest absolute Gasteiger partial charge is 0.0404 e. The van der Waals surface area contributed by atoms with E-state index in [1.165, 1.54) is 36.0 Å². The molecule has 0 heterocycles. The molecule has 1 nitrogen and oxygen atoms in total. The predicted octanol–water partition coefficient (Wildman–Crippen LogP) is 5.63. The van der Waals surface area contributed by atoms with Crippen molar-refractivity contribution in [3.8, 4) is 0 Å². The quantitative estimate of drug-likeness (QED) is 0.563. The SMILES string of the molecule is CCN(CCCc1ccc(C2CCC2Cl)cc1)Cc1ccccc1. The molecular formula is C22H28ClN. The first kappa shape index (κ1) is 17.5. The van der Waals surface area contributed by atoms with E-state index in [4.69, 9.17) is 11.6 Å². The van der Waals surface area contributed by atoms with Gasteiger partial charge in [0.2, 0.25) is 0 Å². The molecule has 0 saturated heterocycles. The summed E-state index contributed by atoms with van der Waals surface area (Å²) < 4.78 is 0. The van der Waals surface area contributed by atoms with Gasteiger partial charge in [-0.15, -0.1) is 11.6 Å². The number of rotatable bonds is 8. The van der Waals surface area contributed by atoms with Gasteiger partial charge in [-0.1, -0.05) is 61.5 Å². The summed E-state index contributed by atoms with van der Waals surface area (Å²) in [6, 6.07) is 19.9. The second-order valence-corrected chi connectivity index (χ2v) is 7.46. The lowest BCUT2D eigenvalue weighted by molar-refractivity contribution is 0.276. The van der Waals surface area contributed by atoms with Crippen LogP contribution in [0.25, 0.3) is 0 Å². The maximum atomic E-state index is 6.28. The molecule has 128 valence electrons. The van der Waals surface area contributed by atoms with Gasteiger partial charge in [0.15, 0.2) is 0 Å². The van der Waals surface area contributed by atoms with Crippen LogP contribution in [0.3, 0.4) is 0 Å². The van der Waals surface area contributed by atoms with Crippen molar-refractivity contribution in [2.45, 2.75) is 50.4 Å². The summed E-state index contributed by atoms with van der Waals surface area (Å²) in [6.07, 6.45) is 4.78. The summed E-state index contributed by atoms with van der Waals surface area (Å²) in [4.78, 5) is 2.52. The lowest BCUT2D eigenvalue weighted by Crippen LogP contribution is -2.24. The summed E-state index contributed by atoms with van der Waals surface area (Å²) >= 11 is 6.28. The van der Waals surface area contributed by atoms with Gasteiger partial charge in [0.1, 0.15) is 0 Å². The fraction of sp³-hybridized carbons (Fsp3) is 0.455. The Morgan fingerprint density at radius 1 is 0.958 bits per heavy atom. The minimum atomic E-state index is 0.354. The maximum absolute atomic E-state index is 6.28. The molecule has 2 aromatic rings. The zero-order chi connectivity index (χ0) is 16.8. The molecule has 0 N–H and O–H groups in total. The number of hydrogen-bond acceptors (Lipinski definition) is 1. The molecule has 2 aromatic carbocycles. The Hall–Kier alpha value is -1.31. The summed E-state index contributed by atoms with van der Waals surface area (Å²) in [5.74, 6) is 0.585. The van der Waals surface area contributed by atoms with Crippen LogP contribution < -0.4 is 0 Å². The van der Waals surface area contributed by atoms with Crippen LogP contribution in [0.5, 0.6) is 0 Å². The molecule has 0 amide bonds. The standard InChI is InChI=1S/C22H28ClN/c1-2-24(17-19-7-4-3-5-8-19)16-6-9-18-10-12-20(13-11-18)21-14-15-22(21)23/h3-5,7-8,10-13,21-22H,2,6,9,14-17H2,1H3. The first-order valence-electron chi connectivity index (χ1n) is 9.25. The Morgan fingerprint density at radius 2 is 1.71 bits per heavy atom. The fourth-order valence-electron chi connectivity index (χ4n) is 3.46. The third kappa shape index (κ3) is 4.62. The molecule has 24 heavy (non-hydrogen) atoms. The molecule has 0 aliphatic heterocycles. The molecule has 0 aromatic heterocycles. The Kier molecular flexibility index (Phi) is 6.34. The van der Waals surface area contributed by atoms with Crippen molar-refractivity contribution in [2.24, 2.45) is 0 Å². The van der Waals surface area contributed by atoms with Crippen molar-refractivity contribution >= 4 is 11.6 Å². The number of aryl methyl sites for hydroxylation is 1. The van der Waals surface area contributed by atoms with Crippen LogP contribution in [0.2, 0.25) is 0 Å². The van der Waals surface area contributed by atoms with E-state index < -0.39 is 0 Å². The van der Waals surface area contributed by atoms with Crippen molar-refractivity contribution < 1.29 is 0 Å². The second-order valence-electron chi connectivity index (χ2n) is 6.90. The van der Waals surface area contributed by atoms with Gasteiger partial charge >= 0.3 is 0 Å². The molecule has 1 aliphatic rings. The summed E-state index contributed by atoms with van der Waals surface area (Å²) in [5.41, 5.74) is 4.27. The van der Waals surface area contributed by atoms with Gasteiger partial charge in [-0.25, -0.2) is 0 Å². The van der Waals surface area contributed by atoms with Crippen molar-refractivity contribution in [1.29, 1.82) is 0 Å². The fourth-order valence-corrected chi connectivity index (χ4v) is 3.86. The number of hydrogen-bond donors (Lipinski definition) is 0. The van der Waals surface area contributed by atoms with Crippen LogP contribution in [0.15, 0.2) is 54.6 Å². The van der Waals surface area contributed by atoms with Crippen LogP contribution in [0.1, 0.15) is 48.8 Å². The molecule has 1 saturated carbocycles. The maximum Gasteiger partial charge on any atom is 0.0404 e. The van der Waals surface area contributed by atoms with E-state index in [-0.39, 0.29) is 0 Å². The lowest BCUT2D eigenvalue weighted by Gasteiger charge is -2.32. The molecular weight excluding hydrogens is 314 g/mol. The van der Waals surface area contributed by atoms with E-state index in [2.05, 4.69) is 66.4 Å². The van der Waals surface area contributed by atoms with Crippen LogP contribution in [0.4, 0.5) is 0 Å². The van der Waals surface area contributed by atoms with E-state index in [0.717, 1.165) is 26.1 Å². The Bertz CT molecular complexity index is 608. The number of nitrogens with zero attached hydrogens (tertiary/aromatic N) is 1. The minimum Gasteiger partial charge on any atom is -0.299 e. The third-order valence-electron chi connectivity index (χ3n) is 5.23. The van der Waals surface area contributed by atoms with Crippen molar-refractivity contribution in [3.05, 3.63) is 71.3 Å².